The van der Waals surface area contributed by atoms with Crippen molar-refractivity contribution in [2.45, 2.75) is 24.7 Å². The molecule has 88 valence electrons. The molecule has 0 unspecified atom stereocenters. The van der Waals surface area contributed by atoms with Crippen LogP contribution in [0.1, 0.15) is 24.8 Å². The van der Waals surface area contributed by atoms with Gasteiger partial charge in [-0.3, -0.25) is 0 Å². The lowest BCUT2D eigenvalue weighted by atomic mass is 9.64. The van der Waals surface area contributed by atoms with Crippen molar-refractivity contribution in [1.82, 2.24) is 0 Å². The van der Waals surface area contributed by atoms with Gasteiger partial charge >= 0.3 is 0 Å². The molecule has 1 aliphatic carbocycles. The molecule has 1 nitrogen and oxygen atoms in total. The molecule has 0 heterocycles. The molecule has 0 bridgehead atoms. The van der Waals surface area contributed by atoms with E-state index in [1.807, 2.05) is 0 Å². The van der Waals surface area contributed by atoms with Crippen LogP contribution >= 0.6 is 11.6 Å². The van der Waals surface area contributed by atoms with E-state index >= 15 is 0 Å². The van der Waals surface area contributed by atoms with E-state index in [9.17, 15) is 13.2 Å². The van der Waals surface area contributed by atoms with Gasteiger partial charge in [0.1, 0.15) is 16.7 Å². The van der Waals surface area contributed by atoms with Gasteiger partial charge < -0.3 is 5.73 Å². The summed E-state index contributed by atoms with van der Waals surface area (Å²) in [7, 11) is 0. The molecule has 2 rings (SSSR count). The van der Waals surface area contributed by atoms with Gasteiger partial charge in [0.2, 0.25) is 0 Å². The average Bonchev–Trinajstić information content (AvgIpc) is 2.18. The number of hydrogen-bond acceptors (Lipinski definition) is 1. The third-order valence-corrected chi connectivity index (χ3v) is 3.69. The third-order valence-electron chi connectivity index (χ3n) is 3.35. The predicted octanol–water partition coefficient (Wildman–Crippen LogP) is 3.14. The molecule has 1 saturated carbocycles. The van der Waals surface area contributed by atoms with E-state index in [0.29, 0.717) is 18.9 Å². The summed E-state index contributed by atoms with van der Waals surface area (Å²) in [5.41, 5.74) is 4.69. The van der Waals surface area contributed by atoms with Crippen molar-refractivity contribution in [3.63, 3.8) is 0 Å². The van der Waals surface area contributed by atoms with Crippen LogP contribution in [0.15, 0.2) is 6.07 Å². The molecule has 0 amide bonds. The number of nitrogens with two attached hydrogens (primary N) is 1. The van der Waals surface area contributed by atoms with Gasteiger partial charge in [0.05, 0.1) is 0 Å². The first-order valence-corrected chi connectivity index (χ1v) is 5.43. The predicted molar refractivity (Wildman–Crippen MR) is 55.9 cm³/mol. The molecule has 1 aliphatic rings. The second kappa shape index (κ2) is 3.93. The van der Waals surface area contributed by atoms with Gasteiger partial charge in [-0.25, -0.2) is 13.2 Å². The largest absolute Gasteiger partial charge is 0.330 e. The highest BCUT2D eigenvalue weighted by molar-refractivity contribution is 6.31. The van der Waals surface area contributed by atoms with E-state index in [1.54, 1.807) is 0 Å². The van der Waals surface area contributed by atoms with Crippen LogP contribution in [0.25, 0.3) is 0 Å². The lowest BCUT2D eigenvalue weighted by Crippen LogP contribution is -2.43. The van der Waals surface area contributed by atoms with Gasteiger partial charge in [-0.15, -0.1) is 0 Å². The van der Waals surface area contributed by atoms with Crippen molar-refractivity contribution < 1.29 is 13.2 Å². The summed E-state index contributed by atoms with van der Waals surface area (Å²) >= 11 is 5.44. The Hall–Kier alpha value is -0.740. The van der Waals surface area contributed by atoms with E-state index in [0.717, 1.165) is 6.42 Å². The van der Waals surface area contributed by atoms with Crippen molar-refractivity contribution in [3.8, 4) is 0 Å². The Labute approximate surface area is 96.4 Å². The molecule has 16 heavy (non-hydrogen) atoms. The fraction of sp³-hybridized carbons (Fsp3) is 0.455. The Bertz CT molecular complexity index is 424. The summed E-state index contributed by atoms with van der Waals surface area (Å²) in [4.78, 5) is 0. The van der Waals surface area contributed by atoms with Crippen LogP contribution < -0.4 is 5.73 Å². The Morgan fingerprint density at radius 3 is 2.31 bits per heavy atom. The van der Waals surface area contributed by atoms with Crippen LogP contribution in [0.5, 0.6) is 0 Å². The van der Waals surface area contributed by atoms with Crippen molar-refractivity contribution >= 4 is 11.6 Å². The number of benzene rings is 1. The first-order valence-electron chi connectivity index (χ1n) is 5.05. The quantitative estimate of drug-likeness (QED) is 0.632. The Balaban J connectivity index is 2.60. The topological polar surface area (TPSA) is 26.0 Å². The molecule has 5 heteroatoms. The molecular formula is C11H11ClF3N. The van der Waals surface area contributed by atoms with Gasteiger partial charge in [-0.2, -0.15) is 0 Å². The Morgan fingerprint density at radius 1 is 1.25 bits per heavy atom. The van der Waals surface area contributed by atoms with Gasteiger partial charge in [0.15, 0.2) is 5.82 Å². The number of hydrogen-bond donors (Lipinski definition) is 1. The maximum atomic E-state index is 13.8. The zero-order valence-electron chi connectivity index (χ0n) is 8.49. The smallest absolute Gasteiger partial charge is 0.151 e. The molecular weight excluding hydrogens is 239 g/mol. The summed E-state index contributed by atoms with van der Waals surface area (Å²) in [6, 6.07) is 0.622. The van der Waals surface area contributed by atoms with Gasteiger partial charge in [0, 0.05) is 23.6 Å². The number of rotatable bonds is 2. The normalized spacial score (nSPS) is 18.3. The molecule has 0 aliphatic heterocycles. The van der Waals surface area contributed by atoms with Crippen molar-refractivity contribution in [2.24, 2.45) is 5.73 Å². The molecule has 1 aromatic carbocycles. The van der Waals surface area contributed by atoms with Crippen LogP contribution in [-0.4, -0.2) is 6.54 Å². The van der Waals surface area contributed by atoms with E-state index < -0.39 is 27.9 Å². The summed E-state index contributed by atoms with van der Waals surface area (Å²) in [5.74, 6) is -2.99. The highest BCUT2D eigenvalue weighted by Crippen LogP contribution is 2.46. The Morgan fingerprint density at radius 2 is 1.88 bits per heavy atom. The van der Waals surface area contributed by atoms with Crippen LogP contribution in [0.3, 0.4) is 0 Å². The summed E-state index contributed by atoms with van der Waals surface area (Å²) in [6.45, 7) is 0.142. The molecule has 0 aromatic heterocycles. The molecule has 2 N–H and O–H groups in total. The molecule has 1 aromatic rings. The molecule has 0 saturated heterocycles. The van der Waals surface area contributed by atoms with E-state index in [4.69, 9.17) is 17.3 Å². The standard InChI is InChI=1S/C11H11ClF3N/c12-9-7(14)4-6(13)8(10(9)15)11(5-16)2-1-3-11/h4H,1-3,5,16H2. The minimum Gasteiger partial charge on any atom is -0.330 e. The second-order valence-electron chi connectivity index (χ2n) is 4.18. The number of halogens is 4. The van der Waals surface area contributed by atoms with Gasteiger partial charge in [-0.1, -0.05) is 18.0 Å². The fourth-order valence-electron chi connectivity index (χ4n) is 2.21. The Kier molecular flexibility index (Phi) is 2.88. The summed E-state index contributed by atoms with van der Waals surface area (Å²) in [6.07, 6.45) is 2.09. The van der Waals surface area contributed by atoms with E-state index in [1.165, 1.54) is 0 Å². The van der Waals surface area contributed by atoms with Crippen molar-refractivity contribution in [1.29, 1.82) is 0 Å². The second-order valence-corrected chi connectivity index (χ2v) is 4.56. The zero-order valence-corrected chi connectivity index (χ0v) is 9.25. The monoisotopic (exact) mass is 249 g/mol. The first kappa shape index (κ1) is 11.7. The highest BCUT2D eigenvalue weighted by atomic mass is 35.5. The van der Waals surface area contributed by atoms with Crippen molar-refractivity contribution in [3.05, 3.63) is 34.1 Å². The van der Waals surface area contributed by atoms with Crippen molar-refractivity contribution in [2.75, 3.05) is 6.54 Å². The van der Waals surface area contributed by atoms with E-state index in [-0.39, 0.29) is 12.1 Å². The minimum atomic E-state index is -1.08. The maximum Gasteiger partial charge on any atom is 0.151 e. The van der Waals surface area contributed by atoms with E-state index in [2.05, 4.69) is 0 Å². The zero-order chi connectivity index (χ0) is 11.9. The van der Waals surface area contributed by atoms with Gasteiger partial charge in [0.25, 0.3) is 0 Å². The summed E-state index contributed by atoms with van der Waals surface area (Å²) < 4.78 is 40.4. The maximum absolute atomic E-state index is 13.8. The SMILES string of the molecule is NCC1(c2c(F)cc(F)c(Cl)c2F)CCC1. The molecule has 1 fully saturated rings. The first-order chi connectivity index (χ1) is 7.52. The van der Waals surface area contributed by atoms with Crippen LogP contribution in [0.2, 0.25) is 5.02 Å². The summed E-state index contributed by atoms with van der Waals surface area (Å²) in [5, 5.41) is -0.656. The lowest BCUT2D eigenvalue weighted by molar-refractivity contribution is 0.235. The molecule has 0 radical (unpaired) electrons. The van der Waals surface area contributed by atoms with Crippen LogP contribution in [0.4, 0.5) is 13.2 Å². The minimum absolute atomic E-state index is 0.142. The van der Waals surface area contributed by atoms with Crippen LogP contribution in [0, 0.1) is 17.5 Å². The molecule has 0 spiro atoms. The fourth-order valence-corrected chi connectivity index (χ4v) is 2.36. The third kappa shape index (κ3) is 1.52. The lowest BCUT2D eigenvalue weighted by Gasteiger charge is -2.41. The highest BCUT2D eigenvalue weighted by Gasteiger charge is 2.42. The van der Waals surface area contributed by atoms with Gasteiger partial charge in [-0.05, 0) is 12.8 Å². The van der Waals surface area contributed by atoms with Crippen LogP contribution in [-0.2, 0) is 5.41 Å². The molecule has 0 atom stereocenters. The average molecular weight is 250 g/mol.